The van der Waals surface area contributed by atoms with Crippen LogP contribution >= 0.6 is 0 Å². The first kappa shape index (κ1) is 23.7. The minimum Gasteiger partial charge on any atom is -0.493 e. The van der Waals surface area contributed by atoms with Crippen molar-refractivity contribution >= 4 is 5.97 Å². The van der Waals surface area contributed by atoms with Crippen LogP contribution < -0.4 is 15.2 Å². The summed E-state index contributed by atoms with van der Waals surface area (Å²) >= 11 is 0. The van der Waals surface area contributed by atoms with Gasteiger partial charge in [0.1, 0.15) is 24.0 Å². The van der Waals surface area contributed by atoms with Gasteiger partial charge in [0.05, 0.1) is 25.2 Å². The predicted octanol–water partition coefficient (Wildman–Crippen LogP) is 4.70. The summed E-state index contributed by atoms with van der Waals surface area (Å²) in [5.74, 6) is 0.00686. The van der Waals surface area contributed by atoms with E-state index in [2.05, 4.69) is 6.07 Å². The second kappa shape index (κ2) is 11.1. The van der Waals surface area contributed by atoms with E-state index in [1.807, 2.05) is 37.3 Å². The van der Waals surface area contributed by atoms with Crippen LogP contribution in [0.1, 0.15) is 43.7 Å². The van der Waals surface area contributed by atoms with Crippen LogP contribution in [0.2, 0.25) is 0 Å². The molecule has 1 atom stereocenters. The summed E-state index contributed by atoms with van der Waals surface area (Å²) in [6.07, 6.45) is 1.63. The average Bonchev–Trinajstić information content (AvgIpc) is 2.82. The van der Waals surface area contributed by atoms with Gasteiger partial charge in [-0.05, 0) is 36.6 Å². The summed E-state index contributed by atoms with van der Waals surface area (Å²) in [5.41, 5.74) is 8.04. The fraction of sp³-hybridized carbons (Fsp3) is 0.308. The number of unbranched alkanes of at least 4 members (excludes halogenated alkanes) is 1. The Kier molecular flexibility index (Phi) is 7.98. The molecule has 7 nitrogen and oxygen atoms in total. The van der Waals surface area contributed by atoms with Crippen molar-refractivity contribution < 1.29 is 23.7 Å². The van der Waals surface area contributed by atoms with Gasteiger partial charge in [-0.2, -0.15) is 5.26 Å². The van der Waals surface area contributed by atoms with Crippen molar-refractivity contribution in [1.82, 2.24) is 0 Å². The molecule has 0 radical (unpaired) electrons. The maximum Gasteiger partial charge on any atom is 0.338 e. The van der Waals surface area contributed by atoms with Crippen LogP contribution in [0.15, 0.2) is 71.3 Å². The van der Waals surface area contributed by atoms with Gasteiger partial charge in [0.25, 0.3) is 0 Å². The smallest absolute Gasteiger partial charge is 0.338 e. The lowest BCUT2D eigenvalue weighted by atomic mass is 9.83. The fourth-order valence-corrected chi connectivity index (χ4v) is 3.59. The van der Waals surface area contributed by atoms with Gasteiger partial charge in [0, 0.05) is 0 Å². The van der Waals surface area contributed by atoms with E-state index in [0.29, 0.717) is 29.4 Å². The molecular weight excluding hydrogens is 420 g/mol. The van der Waals surface area contributed by atoms with Gasteiger partial charge in [-0.1, -0.05) is 49.7 Å². The molecule has 1 aliphatic heterocycles. The Bertz CT molecular complexity index is 1100. The molecule has 0 saturated carbocycles. The number of rotatable bonds is 9. The van der Waals surface area contributed by atoms with Crippen molar-refractivity contribution in [1.29, 1.82) is 5.26 Å². The number of nitrogens with two attached hydrogens (primary N) is 1. The number of nitrogens with zero attached hydrogens (tertiary/aromatic N) is 1. The molecule has 1 heterocycles. The lowest BCUT2D eigenvalue weighted by Gasteiger charge is -2.27. The molecule has 33 heavy (non-hydrogen) atoms. The third kappa shape index (κ3) is 5.47. The molecule has 0 aromatic heterocycles. The number of carbonyl (C=O) groups excluding carboxylic acids is 1. The predicted molar refractivity (Wildman–Crippen MR) is 123 cm³/mol. The van der Waals surface area contributed by atoms with E-state index in [1.54, 1.807) is 32.2 Å². The number of ether oxygens (including phenoxy) is 4. The summed E-state index contributed by atoms with van der Waals surface area (Å²) in [7, 11) is 1.55. The first-order chi connectivity index (χ1) is 16.0. The van der Waals surface area contributed by atoms with Crippen molar-refractivity contribution in [2.24, 2.45) is 5.73 Å². The first-order valence-electron chi connectivity index (χ1n) is 10.8. The van der Waals surface area contributed by atoms with Gasteiger partial charge in [0.2, 0.25) is 5.88 Å². The zero-order chi connectivity index (χ0) is 23.8. The molecule has 0 fully saturated rings. The highest BCUT2D eigenvalue weighted by Gasteiger charge is 2.36. The van der Waals surface area contributed by atoms with E-state index in [0.717, 1.165) is 18.4 Å². The first-order valence-corrected chi connectivity index (χ1v) is 10.8. The second-order valence-electron chi connectivity index (χ2n) is 7.57. The number of methoxy groups -OCH3 is 1. The van der Waals surface area contributed by atoms with Crippen LogP contribution in [0.4, 0.5) is 0 Å². The van der Waals surface area contributed by atoms with E-state index in [9.17, 15) is 10.1 Å². The number of allylic oxidation sites excluding steroid dienone is 2. The molecule has 3 rings (SSSR count). The number of hydrogen-bond donors (Lipinski definition) is 1. The van der Waals surface area contributed by atoms with E-state index in [-0.39, 0.29) is 23.6 Å². The molecule has 1 aliphatic rings. The summed E-state index contributed by atoms with van der Waals surface area (Å²) in [6.45, 7) is 4.27. The maximum atomic E-state index is 13.0. The van der Waals surface area contributed by atoms with Crippen molar-refractivity contribution in [3.05, 3.63) is 82.4 Å². The van der Waals surface area contributed by atoms with Crippen LogP contribution in [-0.2, 0) is 20.9 Å². The van der Waals surface area contributed by atoms with Gasteiger partial charge in [-0.3, -0.25) is 0 Å². The monoisotopic (exact) mass is 448 g/mol. The van der Waals surface area contributed by atoms with Crippen molar-refractivity contribution in [2.45, 2.75) is 39.2 Å². The number of benzene rings is 2. The minimum atomic E-state index is -0.747. The molecule has 2 N–H and O–H groups in total. The highest BCUT2D eigenvalue weighted by molar-refractivity contribution is 5.92. The van der Waals surface area contributed by atoms with Gasteiger partial charge < -0.3 is 24.7 Å². The van der Waals surface area contributed by atoms with E-state index in [1.165, 1.54) is 0 Å². The molecule has 0 bridgehead atoms. The molecule has 0 saturated heterocycles. The van der Waals surface area contributed by atoms with E-state index in [4.69, 9.17) is 24.7 Å². The Morgan fingerprint density at radius 1 is 1.18 bits per heavy atom. The molecule has 0 spiro atoms. The molecule has 2 aromatic carbocycles. The molecule has 7 heteroatoms. The molecule has 2 aromatic rings. The lowest BCUT2D eigenvalue weighted by Crippen LogP contribution is -2.25. The third-order valence-corrected chi connectivity index (χ3v) is 5.31. The minimum absolute atomic E-state index is 0.0346. The largest absolute Gasteiger partial charge is 0.493 e. The van der Waals surface area contributed by atoms with Crippen LogP contribution in [0.25, 0.3) is 0 Å². The lowest BCUT2D eigenvalue weighted by molar-refractivity contribution is -0.139. The molecule has 172 valence electrons. The summed E-state index contributed by atoms with van der Waals surface area (Å²) in [6, 6.07) is 17.1. The van der Waals surface area contributed by atoms with Crippen LogP contribution in [-0.4, -0.2) is 19.7 Å². The molecular formula is C26H28N2O5. The van der Waals surface area contributed by atoms with Crippen molar-refractivity contribution in [3.8, 4) is 17.6 Å². The Morgan fingerprint density at radius 2 is 1.94 bits per heavy atom. The quantitative estimate of drug-likeness (QED) is 0.438. The second-order valence-corrected chi connectivity index (χ2v) is 7.57. The number of carbonyl (C=O) groups is 1. The third-order valence-electron chi connectivity index (χ3n) is 5.31. The van der Waals surface area contributed by atoms with Gasteiger partial charge in [-0.15, -0.1) is 0 Å². The fourth-order valence-electron chi connectivity index (χ4n) is 3.59. The Balaban J connectivity index is 1.99. The SMILES string of the molecule is CCCCOC(=O)C1=C(C)OC(N)=C(C#N)[C@@H]1c1ccc(OC)c(OCc2ccccc2)c1. The zero-order valence-electron chi connectivity index (χ0n) is 19.1. The van der Waals surface area contributed by atoms with E-state index >= 15 is 0 Å². The number of hydrogen-bond acceptors (Lipinski definition) is 7. The number of nitriles is 1. The average molecular weight is 449 g/mol. The summed E-state index contributed by atoms with van der Waals surface area (Å²) < 4.78 is 22.4. The van der Waals surface area contributed by atoms with Crippen LogP contribution in [0, 0.1) is 11.3 Å². The molecule has 0 unspecified atom stereocenters. The van der Waals surface area contributed by atoms with Crippen LogP contribution in [0.5, 0.6) is 11.5 Å². The molecule has 0 amide bonds. The topological polar surface area (TPSA) is 104 Å². The Labute approximate surface area is 194 Å². The van der Waals surface area contributed by atoms with Crippen molar-refractivity contribution in [2.75, 3.05) is 13.7 Å². The van der Waals surface area contributed by atoms with Gasteiger partial charge in [0.15, 0.2) is 11.5 Å². The van der Waals surface area contributed by atoms with Crippen LogP contribution in [0.3, 0.4) is 0 Å². The Hall–Kier alpha value is -3.92. The zero-order valence-corrected chi connectivity index (χ0v) is 19.1. The van der Waals surface area contributed by atoms with E-state index < -0.39 is 11.9 Å². The standard InChI is InChI=1S/C26H28N2O5/c1-4-5-13-31-26(29)23-17(2)33-25(28)20(15-27)24(23)19-11-12-21(30-3)22(14-19)32-16-18-9-7-6-8-10-18/h6-12,14,24H,4-5,13,16,28H2,1-3H3/t24-/m0/s1. The van der Waals surface area contributed by atoms with Crippen molar-refractivity contribution in [3.63, 3.8) is 0 Å². The maximum absolute atomic E-state index is 13.0. The molecule has 0 aliphatic carbocycles. The van der Waals surface area contributed by atoms with Gasteiger partial charge in [-0.25, -0.2) is 4.79 Å². The highest BCUT2D eigenvalue weighted by atomic mass is 16.5. The Morgan fingerprint density at radius 3 is 2.61 bits per heavy atom. The summed E-state index contributed by atoms with van der Waals surface area (Å²) in [4.78, 5) is 13.0. The highest BCUT2D eigenvalue weighted by Crippen LogP contribution is 2.42. The van der Waals surface area contributed by atoms with Gasteiger partial charge >= 0.3 is 5.97 Å². The summed E-state index contributed by atoms with van der Waals surface area (Å²) in [5, 5.41) is 9.82. The number of esters is 1. The normalized spacial score (nSPS) is 15.5.